The van der Waals surface area contributed by atoms with Gasteiger partial charge in [0.05, 0.1) is 0 Å². The van der Waals surface area contributed by atoms with Crippen molar-refractivity contribution in [3.05, 3.63) is 0 Å². The van der Waals surface area contributed by atoms with Crippen LogP contribution in [-0.2, 0) is 29.2 Å². The fourth-order valence-corrected chi connectivity index (χ4v) is 5.42. The van der Waals surface area contributed by atoms with E-state index in [0.717, 1.165) is 19.3 Å². The summed E-state index contributed by atoms with van der Waals surface area (Å²) in [6, 6.07) is 0. The zero-order valence-corrected chi connectivity index (χ0v) is 13.2. The van der Waals surface area contributed by atoms with Crippen molar-refractivity contribution in [2.24, 2.45) is 11.8 Å². The van der Waals surface area contributed by atoms with Gasteiger partial charge in [-0.1, -0.05) is 0 Å². The highest BCUT2D eigenvalue weighted by Crippen LogP contribution is 2.60. The summed E-state index contributed by atoms with van der Waals surface area (Å²) in [6.07, 6.45) is 4.35. The zero-order valence-electron chi connectivity index (χ0n) is 12.4. The molecule has 4 bridgehead atoms. The van der Waals surface area contributed by atoms with E-state index in [1.165, 1.54) is 6.92 Å². The van der Waals surface area contributed by atoms with Crippen LogP contribution in [0.2, 0.25) is 0 Å². The Kier molecular flexibility index (Phi) is 3.52. The average Bonchev–Trinajstić information content (AvgIpc) is 2.19. The predicted octanol–water partition coefficient (Wildman–Crippen LogP) is 1.07. The molecule has 4 saturated carbocycles. The van der Waals surface area contributed by atoms with Gasteiger partial charge in [0, 0.05) is 13.3 Å². The Balaban J connectivity index is 1.79. The van der Waals surface area contributed by atoms with Crippen LogP contribution in [0.5, 0.6) is 0 Å². The lowest BCUT2D eigenvalue weighted by molar-refractivity contribution is -0.229. The first-order chi connectivity index (χ1) is 10.1. The van der Waals surface area contributed by atoms with Crippen molar-refractivity contribution in [2.45, 2.75) is 56.7 Å². The van der Waals surface area contributed by atoms with Gasteiger partial charge in [-0.2, -0.15) is 8.42 Å². The highest BCUT2D eigenvalue weighted by atomic mass is 32.2. The quantitative estimate of drug-likeness (QED) is 0.606. The second-order valence-electron chi connectivity index (χ2n) is 7.12. The van der Waals surface area contributed by atoms with Crippen LogP contribution in [0.3, 0.4) is 0 Å². The average molecular weight is 332 g/mol. The minimum absolute atomic E-state index is 0.319. The highest BCUT2D eigenvalue weighted by Gasteiger charge is 2.61. The summed E-state index contributed by atoms with van der Waals surface area (Å²) < 4.78 is 41.4. The lowest BCUT2D eigenvalue weighted by Crippen LogP contribution is -2.61. The van der Waals surface area contributed by atoms with Crippen molar-refractivity contribution in [1.82, 2.24) is 0 Å². The maximum atomic E-state index is 11.8. The standard InChI is InChI=1S/C14H20O7S/c1-9(15)20-13-3-10-2-11(4-13)6-14(5-10,8-13)21-12(16)7-22(17,18)19/h10-11H,2-8H2,1H3,(H,17,18,19). The van der Waals surface area contributed by atoms with Gasteiger partial charge in [0.1, 0.15) is 11.2 Å². The predicted molar refractivity (Wildman–Crippen MR) is 74.4 cm³/mol. The van der Waals surface area contributed by atoms with Crippen molar-refractivity contribution in [1.29, 1.82) is 0 Å². The fraction of sp³-hybridized carbons (Fsp3) is 0.857. The number of esters is 2. The molecule has 0 amide bonds. The summed E-state index contributed by atoms with van der Waals surface area (Å²) in [4.78, 5) is 23.2. The van der Waals surface area contributed by atoms with E-state index in [4.69, 9.17) is 14.0 Å². The smallest absolute Gasteiger partial charge is 0.324 e. The summed E-state index contributed by atoms with van der Waals surface area (Å²) in [6.45, 7) is 1.37. The zero-order chi connectivity index (χ0) is 16.2. The largest absolute Gasteiger partial charge is 0.459 e. The summed E-state index contributed by atoms with van der Waals surface area (Å²) >= 11 is 0. The maximum Gasteiger partial charge on any atom is 0.324 e. The molecule has 4 rings (SSSR count). The van der Waals surface area contributed by atoms with E-state index in [-0.39, 0.29) is 5.97 Å². The Morgan fingerprint density at radius 3 is 2.05 bits per heavy atom. The van der Waals surface area contributed by atoms with Crippen LogP contribution in [0, 0.1) is 11.8 Å². The molecule has 22 heavy (non-hydrogen) atoms. The third-order valence-corrected chi connectivity index (χ3v) is 5.55. The SMILES string of the molecule is CC(=O)OC12CC3CC(C1)CC(OC(=O)CS(=O)(=O)O)(C3)C2. The van der Waals surface area contributed by atoms with Crippen LogP contribution >= 0.6 is 0 Å². The van der Waals surface area contributed by atoms with Crippen LogP contribution < -0.4 is 0 Å². The Labute approximate surface area is 129 Å². The lowest BCUT2D eigenvalue weighted by atomic mass is 9.52. The Morgan fingerprint density at radius 2 is 1.59 bits per heavy atom. The molecule has 4 aliphatic rings. The van der Waals surface area contributed by atoms with Gasteiger partial charge in [-0.05, 0) is 43.9 Å². The lowest BCUT2D eigenvalue weighted by Gasteiger charge is -2.60. The van der Waals surface area contributed by atoms with E-state index in [1.54, 1.807) is 0 Å². The minimum Gasteiger partial charge on any atom is -0.459 e. The summed E-state index contributed by atoms with van der Waals surface area (Å²) in [7, 11) is -4.40. The van der Waals surface area contributed by atoms with Crippen molar-refractivity contribution >= 4 is 22.1 Å². The molecule has 0 spiro atoms. The van der Waals surface area contributed by atoms with Crippen molar-refractivity contribution in [3.63, 3.8) is 0 Å². The number of hydrogen-bond acceptors (Lipinski definition) is 6. The molecule has 0 radical (unpaired) electrons. The first kappa shape index (κ1) is 15.7. The highest BCUT2D eigenvalue weighted by molar-refractivity contribution is 7.86. The van der Waals surface area contributed by atoms with Crippen LogP contribution in [0.4, 0.5) is 0 Å². The number of ether oxygens (including phenoxy) is 2. The number of rotatable bonds is 4. The molecule has 4 fully saturated rings. The topological polar surface area (TPSA) is 107 Å². The van der Waals surface area contributed by atoms with Crippen molar-refractivity contribution in [2.75, 3.05) is 5.75 Å². The van der Waals surface area contributed by atoms with E-state index < -0.39 is 33.0 Å². The van der Waals surface area contributed by atoms with Gasteiger partial charge in [-0.15, -0.1) is 0 Å². The molecular weight excluding hydrogens is 312 g/mol. The van der Waals surface area contributed by atoms with Crippen molar-refractivity contribution < 1.29 is 32.0 Å². The molecule has 0 aromatic carbocycles. The molecule has 2 unspecified atom stereocenters. The molecule has 4 aliphatic carbocycles. The van der Waals surface area contributed by atoms with Crippen molar-refractivity contribution in [3.8, 4) is 0 Å². The maximum absolute atomic E-state index is 11.8. The molecule has 7 nitrogen and oxygen atoms in total. The summed E-state index contributed by atoms with van der Waals surface area (Å²) in [5.74, 6) is -1.69. The Morgan fingerprint density at radius 1 is 1.09 bits per heavy atom. The van der Waals surface area contributed by atoms with E-state index in [2.05, 4.69) is 0 Å². The normalized spacial score (nSPS) is 39.5. The van der Waals surface area contributed by atoms with Gasteiger partial charge >= 0.3 is 11.9 Å². The Hall–Kier alpha value is -1.15. The first-order valence-electron chi connectivity index (χ1n) is 7.45. The molecule has 0 aromatic rings. The Bertz CT molecular complexity index is 595. The van der Waals surface area contributed by atoms with Gasteiger partial charge in [-0.3, -0.25) is 14.1 Å². The number of hydrogen-bond donors (Lipinski definition) is 1. The second kappa shape index (κ2) is 4.92. The van der Waals surface area contributed by atoms with E-state index in [0.29, 0.717) is 31.1 Å². The molecule has 0 heterocycles. The van der Waals surface area contributed by atoms with E-state index in [9.17, 15) is 18.0 Å². The number of carbonyl (C=O) groups excluding carboxylic acids is 2. The molecule has 124 valence electrons. The fourth-order valence-electron chi connectivity index (χ4n) is 5.06. The molecular formula is C14H20O7S. The van der Waals surface area contributed by atoms with Crippen LogP contribution in [0.15, 0.2) is 0 Å². The monoisotopic (exact) mass is 332 g/mol. The molecule has 0 aromatic heterocycles. The third kappa shape index (κ3) is 3.12. The molecule has 8 heteroatoms. The van der Waals surface area contributed by atoms with Crippen LogP contribution in [0.1, 0.15) is 45.4 Å². The van der Waals surface area contributed by atoms with Gasteiger partial charge in [0.25, 0.3) is 10.1 Å². The van der Waals surface area contributed by atoms with Gasteiger partial charge < -0.3 is 9.47 Å². The molecule has 2 atom stereocenters. The first-order valence-corrected chi connectivity index (χ1v) is 9.06. The van der Waals surface area contributed by atoms with Crippen LogP contribution in [0.25, 0.3) is 0 Å². The van der Waals surface area contributed by atoms with E-state index in [1.807, 2.05) is 0 Å². The minimum atomic E-state index is -4.40. The van der Waals surface area contributed by atoms with Gasteiger partial charge in [-0.25, -0.2) is 0 Å². The molecule has 0 saturated heterocycles. The van der Waals surface area contributed by atoms with Gasteiger partial charge in [0.15, 0.2) is 5.75 Å². The second-order valence-corrected chi connectivity index (χ2v) is 8.57. The third-order valence-electron chi connectivity index (χ3n) is 4.94. The van der Waals surface area contributed by atoms with Crippen LogP contribution in [-0.4, -0.2) is 41.9 Å². The summed E-state index contributed by atoms with van der Waals surface area (Å²) in [5.41, 5.74) is -1.35. The van der Waals surface area contributed by atoms with E-state index >= 15 is 0 Å². The van der Waals surface area contributed by atoms with Gasteiger partial charge in [0.2, 0.25) is 0 Å². The summed E-state index contributed by atoms with van der Waals surface area (Å²) in [5, 5.41) is 0. The number of carbonyl (C=O) groups is 2. The molecule has 0 aliphatic heterocycles. The molecule has 1 N–H and O–H groups in total.